The molecule has 0 spiro atoms. The lowest BCUT2D eigenvalue weighted by Gasteiger charge is -2.32. The summed E-state index contributed by atoms with van der Waals surface area (Å²) in [5, 5.41) is 6.01. The van der Waals surface area contributed by atoms with Gasteiger partial charge in [0.15, 0.2) is 0 Å². The van der Waals surface area contributed by atoms with Crippen LogP contribution in [0, 0.1) is 11.8 Å². The molecule has 102 valence electrons. The zero-order valence-corrected chi connectivity index (χ0v) is 12.8. The second-order valence-corrected chi connectivity index (χ2v) is 7.24. The summed E-state index contributed by atoms with van der Waals surface area (Å²) in [6, 6.07) is 5.66. The molecule has 0 bridgehead atoms. The van der Waals surface area contributed by atoms with E-state index in [0.717, 1.165) is 17.9 Å². The minimum Gasteiger partial charge on any atom is -0.307 e. The summed E-state index contributed by atoms with van der Waals surface area (Å²) >= 11 is 1.87. The quantitative estimate of drug-likeness (QED) is 0.789. The van der Waals surface area contributed by atoms with Gasteiger partial charge in [0.25, 0.3) is 0 Å². The Morgan fingerprint density at radius 2 is 2.17 bits per heavy atom. The number of hydrogen-bond acceptors (Lipinski definition) is 2. The third-order valence-corrected chi connectivity index (χ3v) is 5.10. The summed E-state index contributed by atoms with van der Waals surface area (Å²) in [4.78, 5) is 1.47. The van der Waals surface area contributed by atoms with Gasteiger partial charge in [0.2, 0.25) is 0 Å². The van der Waals surface area contributed by atoms with Crippen molar-refractivity contribution in [3.63, 3.8) is 0 Å². The van der Waals surface area contributed by atoms with Crippen LogP contribution in [0.3, 0.4) is 0 Å². The van der Waals surface area contributed by atoms with Crippen LogP contribution in [-0.4, -0.2) is 6.04 Å². The van der Waals surface area contributed by atoms with Crippen molar-refractivity contribution in [3.8, 4) is 0 Å². The SMILES string of the molecule is CC(C)CC1CCCC(N[C@H](C)c2cccs2)C1. The Bertz CT molecular complexity index is 331. The van der Waals surface area contributed by atoms with E-state index < -0.39 is 0 Å². The molecule has 2 rings (SSSR count). The molecular weight excluding hydrogens is 238 g/mol. The molecule has 1 aromatic heterocycles. The highest BCUT2D eigenvalue weighted by Crippen LogP contribution is 2.31. The number of thiophene rings is 1. The van der Waals surface area contributed by atoms with Gasteiger partial charge in [-0.2, -0.15) is 0 Å². The molecule has 1 fully saturated rings. The van der Waals surface area contributed by atoms with Crippen LogP contribution in [0.1, 0.15) is 63.8 Å². The van der Waals surface area contributed by atoms with E-state index in [4.69, 9.17) is 0 Å². The number of rotatable bonds is 5. The molecule has 2 heteroatoms. The van der Waals surface area contributed by atoms with E-state index in [1.54, 1.807) is 0 Å². The van der Waals surface area contributed by atoms with E-state index in [1.807, 2.05) is 11.3 Å². The summed E-state index contributed by atoms with van der Waals surface area (Å²) in [7, 11) is 0. The molecule has 0 aliphatic heterocycles. The summed E-state index contributed by atoms with van der Waals surface area (Å²) in [5.41, 5.74) is 0. The van der Waals surface area contributed by atoms with Crippen molar-refractivity contribution >= 4 is 11.3 Å². The second kappa shape index (κ2) is 6.72. The fraction of sp³-hybridized carbons (Fsp3) is 0.750. The molecule has 0 saturated heterocycles. The van der Waals surface area contributed by atoms with E-state index in [2.05, 4.69) is 43.6 Å². The van der Waals surface area contributed by atoms with Gasteiger partial charge < -0.3 is 5.32 Å². The van der Waals surface area contributed by atoms with E-state index in [0.29, 0.717) is 6.04 Å². The van der Waals surface area contributed by atoms with Crippen molar-refractivity contribution in [2.45, 2.75) is 65.0 Å². The molecule has 0 amide bonds. The Morgan fingerprint density at radius 3 is 2.83 bits per heavy atom. The Kier molecular flexibility index (Phi) is 5.25. The van der Waals surface area contributed by atoms with Crippen LogP contribution in [0.25, 0.3) is 0 Å². The van der Waals surface area contributed by atoms with Crippen molar-refractivity contribution in [1.82, 2.24) is 5.32 Å². The van der Waals surface area contributed by atoms with Crippen LogP contribution < -0.4 is 5.32 Å². The summed E-state index contributed by atoms with van der Waals surface area (Å²) in [6.45, 7) is 7.01. The van der Waals surface area contributed by atoms with Gasteiger partial charge in [0.1, 0.15) is 0 Å². The van der Waals surface area contributed by atoms with Crippen LogP contribution >= 0.6 is 11.3 Å². The maximum atomic E-state index is 3.83. The highest BCUT2D eigenvalue weighted by Gasteiger charge is 2.23. The Labute approximate surface area is 116 Å². The molecule has 1 saturated carbocycles. The Morgan fingerprint density at radius 1 is 1.33 bits per heavy atom. The molecular formula is C16H27NS. The van der Waals surface area contributed by atoms with Gasteiger partial charge in [-0.05, 0) is 49.5 Å². The third-order valence-electron chi connectivity index (χ3n) is 4.04. The fourth-order valence-corrected chi connectivity index (χ4v) is 4.04. The third kappa shape index (κ3) is 4.10. The van der Waals surface area contributed by atoms with Gasteiger partial charge in [-0.3, -0.25) is 0 Å². The molecule has 0 radical (unpaired) electrons. The van der Waals surface area contributed by atoms with Crippen LogP contribution in [0.4, 0.5) is 0 Å². The zero-order chi connectivity index (χ0) is 13.0. The topological polar surface area (TPSA) is 12.0 Å². The summed E-state index contributed by atoms with van der Waals surface area (Å²) < 4.78 is 0. The standard InChI is InChI=1S/C16H27NS/c1-12(2)10-14-6-4-7-15(11-14)17-13(3)16-8-5-9-18-16/h5,8-9,12-15,17H,4,6-7,10-11H2,1-3H3/t13-,14?,15?/m1/s1. The normalized spacial score (nSPS) is 26.4. The molecule has 3 atom stereocenters. The molecule has 1 aliphatic rings. The van der Waals surface area contributed by atoms with E-state index in [1.165, 1.54) is 37.0 Å². The van der Waals surface area contributed by atoms with Gasteiger partial charge >= 0.3 is 0 Å². The van der Waals surface area contributed by atoms with Crippen molar-refractivity contribution in [2.75, 3.05) is 0 Å². The zero-order valence-electron chi connectivity index (χ0n) is 12.0. The van der Waals surface area contributed by atoms with Gasteiger partial charge in [0, 0.05) is 17.0 Å². The largest absolute Gasteiger partial charge is 0.307 e. The smallest absolute Gasteiger partial charge is 0.0388 e. The van der Waals surface area contributed by atoms with E-state index >= 15 is 0 Å². The molecule has 1 N–H and O–H groups in total. The average molecular weight is 265 g/mol. The maximum absolute atomic E-state index is 3.83. The summed E-state index contributed by atoms with van der Waals surface area (Å²) in [5.74, 6) is 1.80. The first-order valence-electron chi connectivity index (χ1n) is 7.44. The molecule has 1 aromatic rings. The molecule has 0 aromatic carbocycles. The predicted octanol–water partition coefficient (Wildman–Crippen LogP) is 5.00. The van der Waals surface area contributed by atoms with Crippen LogP contribution in [0.15, 0.2) is 17.5 Å². The molecule has 2 unspecified atom stereocenters. The average Bonchev–Trinajstić information content (AvgIpc) is 2.81. The first kappa shape index (κ1) is 14.1. The van der Waals surface area contributed by atoms with Crippen LogP contribution in [-0.2, 0) is 0 Å². The van der Waals surface area contributed by atoms with Crippen molar-refractivity contribution < 1.29 is 0 Å². The van der Waals surface area contributed by atoms with Crippen LogP contribution in [0.2, 0.25) is 0 Å². The monoisotopic (exact) mass is 265 g/mol. The molecule has 18 heavy (non-hydrogen) atoms. The fourth-order valence-electron chi connectivity index (χ4n) is 3.30. The second-order valence-electron chi connectivity index (χ2n) is 6.26. The number of nitrogens with one attached hydrogen (secondary N) is 1. The summed E-state index contributed by atoms with van der Waals surface area (Å²) in [6.07, 6.45) is 7.01. The minimum atomic E-state index is 0.521. The van der Waals surface area contributed by atoms with Gasteiger partial charge in [-0.1, -0.05) is 32.8 Å². The van der Waals surface area contributed by atoms with Gasteiger partial charge in [-0.15, -0.1) is 11.3 Å². The van der Waals surface area contributed by atoms with Crippen molar-refractivity contribution in [3.05, 3.63) is 22.4 Å². The first-order valence-corrected chi connectivity index (χ1v) is 8.32. The Balaban J connectivity index is 1.82. The molecule has 1 heterocycles. The minimum absolute atomic E-state index is 0.521. The van der Waals surface area contributed by atoms with Crippen molar-refractivity contribution in [1.29, 1.82) is 0 Å². The lowest BCUT2D eigenvalue weighted by atomic mass is 9.81. The first-order chi connectivity index (χ1) is 8.65. The predicted molar refractivity (Wildman–Crippen MR) is 81.1 cm³/mol. The number of hydrogen-bond donors (Lipinski definition) is 1. The van der Waals surface area contributed by atoms with Crippen LogP contribution in [0.5, 0.6) is 0 Å². The maximum Gasteiger partial charge on any atom is 0.0388 e. The van der Waals surface area contributed by atoms with Gasteiger partial charge in [0.05, 0.1) is 0 Å². The van der Waals surface area contributed by atoms with Crippen molar-refractivity contribution in [2.24, 2.45) is 11.8 Å². The van der Waals surface area contributed by atoms with E-state index in [-0.39, 0.29) is 0 Å². The van der Waals surface area contributed by atoms with Gasteiger partial charge in [-0.25, -0.2) is 0 Å². The lowest BCUT2D eigenvalue weighted by Crippen LogP contribution is -2.35. The highest BCUT2D eigenvalue weighted by atomic mass is 32.1. The Hall–Kier alpha value is -0.340. The lowest BCUT2D eigenvalue weighted by molar-refractivity contribution is 0.243. The molecule has 1 aliphatic carbocycles. The van der Waals surface area contributed by atoms with E-state index in [9.17, 15) is 0 Å². The molecule has 1 nitrogen and oxygen atoms in total. The highest BCUT2D eigenvalue weighted by molar-refractivity contribution is 7.10.